The largest absolute Gasteiger partial charge is 0.472 e. The molecular formula is C19H24N2O4S. The van der Waals surface area contributed by atoms with E-state index < -0.39 is 6.04 Å². The molecule has 140 valence electrons. The van der Waals surface area contributed by atoms with Crippen molar-refractivity contribution in [1.82, 2.24) is 10.2 Å². The molecule has 0 aromatic carbocycles. The van der Waals surface area contributed by atoms with Crippen LogP contribution in [-0.2, 0) is 4.79 Å². The number of thioether (sulfide) groups is 1. The molecule has 1 N–H and O–H groups in total. The zero-order chi connectivity index (χ0) is 18.4. The van der Waals surface area contributed by atoms with Gasteiger partial charge in [-0.25, -0.2) is 0 Å². The first-order chi connectivity index (χ1) is 12.7. The number of rotatable bonds is 8. The normalized spacial score (nSPS) is 19.7. The van der Waals surface area contributed by atoms with Gasteiger partial charge < -0.3 is 19.1 Å². The lowest BCUT2D eigenvalue weighted by Crippen LogP contribution is -2.48. The predicted molar refractivity (Wildman–Crippen MR) is 99.7 cm³/mol. The van der Waals surface area contributed by atoms with Crippen molar-refractivity contribution in [2.45, 2.75) is 44.0 Å². The smallest absolute Gasteiger partial charge is 0.291 e. The summed E-state index contributed by atoms with van der Waals surface area (Å²) in [5, 5.41) is 2.72. The zero-order valence-electron chi connectivity index (χ0n) is 14.8. The Labute approximate surface area is 157 Å². The Morgan fingerprint density at radius 2 is 2.15 bits per heavy atom. The third-order valence-electron chi connectivity index (χ3n) is 4.43. The Balaban J connectivity index is 1.71. The van der Waals surface area contributed by atoms with Gasteiger partial charge in [-0.05, 0) is 24.6 Å². The monoisotopic (exact) mass is 376 g/mol. The summed E-state index contributed by atoms with van der Waals surface area (Å²) in [5.74, 6) is 0.391. The van der Waals surface area contributed by atoms with E-state index in [2.05, 4.69) is 12.2 Å². The van der Waals surface area contributed by atoms with Gasteiger partial charge in [-0.1, -0.05) is 26.2 Å². The SMILES string of the molecule is CCCCCCNC(=O)C1CSC(c2ccoc2)N1C(=O)c1ccco1. The first-order valence-corrected chi connectivity index (χ1v) is 10.0. The number of nitrogens with one attached hydrogen (secondary N) is 1. The van der Waals surface area contributed by atoms with E-state index in [9.17, 15) is 9.59 Å². The predicted octanol–water partition coefficient (Wildman–Crippen LogP) is 3.83. The quantitative estimate of drug-likeness (QED) is 0.709. The van der Waals surface area contributed by atoms with Crippen LogP contribution in [0.4, 0.5) is 0 Å². The van der Waals surface area contributed by atoms with E-state index in [1.54, 1.807) is 41.3 Å². The molecule has 1 aliphatic rings. The molecule has 1 saturated heterocycles. The zero-order valence-corrected chi connectivity index (χ0v) is 15.7. The van der Waals surface area contributed by atoms with Crippen molar-refractivity contribution < 1.29 is 18.4 Å². The van der Waals surface area contributed by atoms with Crippen LogP contribution < -0.4 is 5.32 Å². The minimum absolute atomic E-state index is 0.111. The van der Waals surface area contributed by atoms with Crippen LogP contribution in [0.25, 0.3) is 0 Å². The Kier molecular flexibility index (Phi) is 6.44. The molecule has 1 fully saturated rings. The third-order valence-corrected chi connectivity index (χ3v) is 5.75. The Hall–Kier alpha value is -2.15. The fourth-order valence-corrected chi connectivity index (χ4v) is 4.44. The lowest BCUT2D eigenvalue weighted by Gasteiger charge is -2.27. The number of carbonyl (C=O) groups excluding carboxylic acids is 2. The molecule has 0 saturated carbocycles. The van der Waals surface area contributed by atoms with Crippen molar-refractivity contribution in [2.75, 3.05) is 12.3 Å². The van der Waals surface area contributed by atoms with Gasteiger partial charge in [0.2, 0.25) is 5.91 Å². The summed E-state index contributed by atoms with van der Waals surface area (Å²) in [6.45, 7) is 2.79. The van der Waals surface area contributed by atoms with Crippen molar-refractivity contribution >= 4 is 23.6 Å². The number of carbonyl (C=O) groups is 2. The lowest BCUT2D eigenvalue weighted by atomic mass is 10.2. The molecule has 0 aliphatic carbocycles. The molecule has 1 aliphatic heterocycles. The molecule has 0 radical (unpaired) electrons. The van der Waals surface area contributed by atoms with Gasteiger partial charge in [-0.2, -0.15) is 0 Å². The average Bonchev–Trinajstić information content (AvgIpc) is 3.41. The molecule has 2 aromatic rings. The van der Waals surface area contributed by atoms with E-state index in [4.69, 9.17) is 8.83 Å². The third kappa shape index (κ3) is 4.15. The first-order valence-electron chi connectivity index (χ1n) is 9.00. The summed E-state index contributed by atoms with van der Waals surface area (Å²) in [5.41, 5.74) is 0.869. The molecular weight excluding hydrogens is 352 g/mol. The Morgan fingerprint density at radius 3 is 2.85 bits per heavy atom. The highest BCUT2D eigenvalue weighted by atomic mass is 32.2. The summed E-state index contributed by atoms with van der Waals surface area (Å²) >= 11 is 1.56. The molecule has 2 amide bonds. The second kappa shape index (κ2) is 8.98. The van der Waals surface area contributed by atoms with Gasteiger partial charge >= 0.3 is 0 Å². The van der Waals surface area contributed by atoms with E-state index in [0.29, 0.717) is 12.3 Å². The summed E-state index contributed by atoms with van der Waals surface area (Å²) in [6.07, 6.45) is 9.04. The van der Waals surface area contributed by atoms with Gasteiger partial charge in [0.05, 0.1) is 18.8 Å². The van der Waals surface area contributed by atoms with Gasteiger partial charge in [0, 0.05) is 17.9 Å². The fourth-order valence-electron chi connectivity index (χ4n) is 3.04. The molecule has 3 heterocycles. The molecule has 2 aromatic heterocycles. The minimum atomic E-state index is -0.524. The molecule has 0 spiro atoms. The maximum Gasteiger partial charge on any atom is 0.291 e. The molecule has 3 rings (SSSR count). The lowest BCUT2D eigenvalue weighted by molar-refractivity contribution is -0.124. The van der Waals surface area contributed by atoms with E-state index in [1.807, 2.05) is 6.07 Å². The summed E-state index contributed by atoms with van der Waals surface area (Å²) < 4.78 is 10.4. The number of nitrogens with zero attached hydrogens (tertiary/aromatic N) is 1. The number of unbranched alkanes of at least 4 members (excludes halogenated alkanes) is 3. The highest BCUT2D eigenvalue weighted by Crippen LogP contribution is 2.42. The highest BCUT2D eigenvalue weighted by Gasteiger charge is 2.43. The van der Waals surface area contributed by atoms with Crippen LogP contribution in [0.15, 0.2) is 45.8 Å². The van der Waals surface area contributed by atoms with Gasteiger partial charge in [0.25, 0.3) is 5.91 Å². The van der Waals surface area contributed by atoms with E-state index in [0.717, 1.165) is 24.8 Å². The second-order valence-electron chi connectivity index (χ2n) is 6.30. The molecule has 2 unspecified atom stereocenters. The van der Waals surface area contributed by atoms with Crippen molar-refractivity contribution in [3.8, 4) is 0 Å². The van der Waals surface area contributed by atoms with Crippen LogP contribution in [0.5, 0.6) is 0 Å². The summed E-state index contributed by atoms with van der Waals surface area (Å²) in [7, 11) is 0. The van der Waals surface area contributed by atoms with Crippen molar-refractivity contribution in [1.29, 1.82) is 0 Å². The average molecular weight is 376 g/mol. The Bertz CT molecular complexity index is 699. The van der Waals surface area contributed by atoms with Crippen molar-refractivity contribution in [2.24, 2.45) is 0 Å². The number of amides is 2. The first kappa shape index (κ1) is 18.6. The van der Waals surface area contributed by atoms with Gasteiger partial charge in [-0.15, -0.1) is 11.8 Å². The van der Waals surface area contributed by atoms with Gasteiger partial charge in [0.15, 0.2) is 5.76 Å². The Morgan fingerprint density at radius 1 is 1.27 bits per heavy atom. The molecule has 2 atom stereocenters. The van der Waals surface area contributed by atoms with Crippen molar-refractivity contribution in [3.05, 3.63) is 48.3 Å². The molecule has 0 bridgehead atoms. The van der Waals surface area contributed by atoms with Crippen LogP contribution in [-0.4, -0.2) is 35.1 Å². The second-order valence-corrected chi connectivity index (χ2v) is 7.41. The van der Waals surface area contributed by atoms with Crippen LogP contribution in [0.2, 0.25) is 0 Å². The number of hydrogen-bond donors (Lipinski definition) is 1. The van der Waals surface area contributed by atoms with E-state index >= 15 is 0 Å². The number of furan rings is 2. The highest BCUT2D eigenvalue weighted by molar-refractivity contribution is 7.99. The maximum atomic E-state index is 13.0. The molecule has 7 heteroatoms. The van der Waals surface area contributed by atoms with Gasteiger partial charge in [-0.3, -0.25) is 9.59 Å². The van der Waals surface area contributed by atoms with Crippen LogP contribution in [0.1, 0.15) is 54.1 Å². The minimum Gasteiger partial charge on any atom is -0.472 e. The van der Waals surface area contributed by atoms with E-state index in [1.165, 1.54) is 12.7 Å². The van der Waals surface area contributed by atoms with Crippen LogP contribution in [0.3, 0.4) is 0 Å². The van der Waals surface area contributed by atoms with Crippen LogP contribution >= 0.6 is 11.8 Å². The van der Waals surface area contributed by atoms with Crippen molar-refractivity contribution in [3.63, 3.8) is 0 Å². The van der Waals surface area contributed by atoms with E-state index in [-0.39, 0.29) is 22.9 Å². The topological polar surface area (TPSA) is 75.7 Å². The summed E-state index contributed by atoms with van der Waals surface area (Å²) in [6, 6.07) is 4.60. The standard InChI is InChI=1S/C19H24N2O4S/c1-2-3-4-5-9-20-17(22)15-13-26-19(14-8-11-24-12-14)21(15)18(23)16-7-6-10-25-16/h6-8,10-12,15,19H,2-5,9,13H2,1H3,(H,20,22). The van der Waals surface area contributed by atoms with Crippen LogP contribution in [0, 0.1) is 0 Å². The number of hydrogen-bond acceptors (Lipinski definition) is 5. The fraction of sp³-hybridized carbons (Fsp3) is 0.474. The van der Waals surface area contributed by atoms with Gasteiger partial charge in [0.1, 0.15) is 11.4 Å². The maximum absolute atomic E-state index is 13.0. The summed E-state index contributed by atoms with van der Waals surface area (Å²) in [4.78, 5) is 27.3. The molecule has 6 nitrogen and oxygen atoms in total. The molecule has 26 heavy (non-hydrogen) atoms.